The van der Waals surface area contributed by atoms with E-state index in [-0.39, 0.29) is 11.3 Å². The van der Waals surface area contributed by atoms with Crippen LogP contribution in [0.5, 0.6) is 0 Å². The Morgan fingerprint density at radius 2 is 1.79 bits per heavy atom. The van der Waals surface area contributed by atoms with Crippen molar-refractivity contribution in [3.8, 4) is 0 Å². The van der Waals surface area contributed by atoms with Crippen LogP contribution in [0.25, 0.3) is 0 Å². The Hall–Kier alpha value is -1.32. The highest BCUT2D eigenvalue weighted by Gasteiger charge is 2.31. The fourth-order valence-corrected chi connectivity index (χ4v) is 1.15. The summed E-state index contributed by atoms with van der Waals surface area (Å²) in [5.74, 6) is -0.362. The SMILES string of the molecule is CC(=O)c1cc(C)cc(C(F)(F)F)c1. The maximum absolute atomic E-state index is 12.3. The van der Waals surface area contributed by atoms with Gasteiger partial charge in [-0.1, -0.05) is 0 Å². The quantitative estimate of drug-likeness (QED) is 0.639. The minimum absolute atomic E-state index is 0.0947. The lowest BCUT2D eigenvalue weighted by Gasteiger charge is -2.08. The van der Waals surface area contributed by atoms with Gasteiger partial charge in [0.2, 0.25) is 0 Å². The van der Waals surface area contributed by atoms with Gasteiger partial charge in [0.25, 0.3) is 0 Å². The van der Waals surface area contributed by atoms with Gasteiger partial charge >= 0.3 is 6.18 Å². The fraction of sp³-hybridized carbons (Fsp3) is 0.300. The van der Waals surface area contributed by atoms with Crippen LogP contribution in [0.3, 0.4) is 0 Å². The zero-order chi connectivity index (χ0) is 10.9. The predicted octanol–water partition coefficient (Wildman–Crippen LogP) is 3.22. The first kappa shape index (κ1) is 10.8. The molecular formula is C10H9F3O. The molecule has 0 aliphatic carbocycles. The Labute approximate surface area is 79.5 Å². The number of carbonyl (C=O) groups is 1. The largest absolute Gasteiger partial charge is 0.416 e. The Bertz CT molecular complexity index is 366. The first-order chi connectivity index (χ1) is 6.30. The predicted molar refractivity (Wildman–Crippen MR) is 46.2 cm³/mol. The fourth-order valence-electron chi connectivity index (χ4n) is 1.15. The van der Waals surface area contributed by atoms with E-state index in [1.807, 2.05) is 0 Å². The summed E-state index contributed by atoms with van der Waals surface area (Å²) in [5.41, 5.74) is -0.245. The second-order valence-electron chi connectivity index (χ2n) is 3.14. The van der Waals surface area contributed by atoms with Crippen molar-refractivity contribution in [1.82, 2.24) is 0 Å². The molecule has 76 valence electrons. The van der Waals surface area contributed by atoms with Crippen molar-refractivity contribution >= 4 is 5.78 Å². The average molecular weight is 202 g/mol. The van der Waals surface area contributed by atoms with Crippen LogP contribution in [-0.2, 0) is 6.18 Å². The molecule has 0 fully saturated rings. The topological polar surface area (TPSA) is 17.1 Å². The van der Waals surface area contributed by atoms with Gasteiger partial charge in [0.15, 0.2) is 5.78 Å². The molecule has 0 radical (unpaired) electrons. The van der Waals surface area contributed by atoms with Crippen molar-refractivity contribution in [1.29, 1.82) is 0 Å². The van der Waals surface area contributed by atoms with Gasteiger partial charge in [0.1, 0.15) is 0 Å². The molecule has 0 spiro atoms. The number of hydrogen-bond acceptors (Lipinski definition) is 1. The summed E-state index contributed by atoms with van der Waals surface area (Å²) in [7, 11) is 0. The van der Waals surface area contributed by atoms with Crippen LogP contribution in [0.4, 0.5) is 13.2 Å². The number of carbonyl (C=O) groups excluding carboxylic acids is 1. The highest BCUT2D eigenvalue weighted by atomic mass is 19.4. The van der Waals surface area contributed by atoms with E-state index < -0.39 is 11.7 Å². The van der Waals surface area contributed by atoms with Crippen molar-refractivity contribution < 1.29 is 18.0 Å². The van der Waals surface area contributed by atoms with Crippen LogP contribution in [0, 0.1) is 6.92 Å². The molecule has 1 aromatic rings. The van der Waals surface area contributed by atoms with Gasteiger partial charge in [-0.15, -0.1) is 0 Å². The average Bonchev–Trinajstić information content (AvgIpc) is 2.01. The van der Waals surface area contributed by atoms with E-state index in [2.05, 4.69) is 0 Å². The molecule has 4 heteroatoms. The molecule has 0 unspecified atom stereocenters. The highest BCUT2D eigenvalue weighted by molar-refractivity contribution is 5.94. The van der Waals surface area contributed by atoms with Gasteiger partial charge in [-0.25, -0.2) is 0 Å². The third-order valence-electron chi connectivity index (χ3n) is 1.81. The Balaban J connectivity index is 3.28. The lowest BCUT2D eigenvalue weighted by Crippen LogP contribution is -2.07. The number of benzene rings is 1. The van der Waals surface area contributed by atoms with Crippen LogP contribution < -0.4 is 0 Å². The maximum Gasteiger partial charge on any atom is 0.416 e. The summed E-state index contributed by atoms with van der Waals surface area (Å²) in [6, 6.07) is 3.33. The van der Waals surface area contributed by atoms with Gasteiger partial charge < -0.3 is 0 Å². The van der Waals surface area contributed by atoms with E-state index in [4.69, 9.17) is 0 Å². The van der Waals surface area contributed by atoms with Crippen LogP contribution in [0.15, 0.2) is 18.2 Å². The molecule has 0 atom stereocenters. The minimum atomic E-state index is -4.39. The summed E-state index contributed by atoms with van der Waals surface area (Å²) < 4.78 is 36.9. The Kier molecular flexibility index (Phi) is 2.64. The molecule has 0 bridgehead atoms. The van der Waals surface area contributed by atoms with Gasteiger partial charge in [-0.05, 0) is 37.6 Å². The molecule has 1 aromatic carbocycles. The van der Waals surface area contributed by atoms with E-state index in [0.717, 1.165) is 12.1 Å². The van der Waals surface area contributed by atoms with Crippen molar-refractivity contribution in [2.24, 2.45) is 0 Å². The van der Waals surface area contributed by atoms with Crippen LogP contribution in [0.2, 0.25) is 0 Å². The summed E-state index contributed by atoms with van der Waals surface area (Å²) in [6.07, 6.45) is -4.39. The highest BCUT2D eigenvalue weighted by Crippen LogP contribution is 2.30. The normalized spacial score (nSPS) is 11.5. The van der Waals surface area contributed by atoms with Gasteiger partial charge in [0.05, 0.1) is 5.56 Å². The number of alkyl halides is 3. The van der Waals surface area contributed by atoms with E-state index >= 15 is 0 Å². The van der Waals surface area contributed by atoms with Crippen molar-refractivity contribution in [2.45, 2.75) is 20.0 Å². The molecule has 0 aliphatic heterocycles. The van der Waals surface area contributed by atoms with E-state index in [0.29, 0.717) is 5.56 Å². The third kappa shape index (κ3) is 2.34. The molecule has 1 nitrogen and oxygen atoms in total. The molecule has 0 N–H and O–H groups in total. The maximum atomic E-state index is 12.3. The third-order valence-corrected chi connectivity index (χ3v) is 1.81. The zero-order valence-electron chi connectivity index (χ0n) is 7.77. The summed E-state index contributed by atoms with van der Waals surface area (Å²) >= 11 is 0. The monoisotopic (exact) mass is 202 g/mol. The number of ketones is 1. The first-order valence-electron chi connectivity index (χ1n) is 4.00. The second-order valence-corrected chi connectivity index (χ2v) is 3.14. The Morgan fingerprint density at radius 3 is 2.21 bits per heavy atom. The second kappa shape index (κ2) is 3.44. The molecule has 0 aromatic heterocycles. The first-order valence-corrected chi connectivity index (χ1v) is 4.00. The molecule has 14 heavy (non-hydrogen) atoms. The molecule has 0 heterocycles. The van der Waals surface area contributed by atoms with Crippen molar-refractivity contribution in [3.63, 3.8) is 0 Å². The minimum Gasteiger partial charge on any atom is -0.295 e. The summed E-state index contributed by atoms with van der Waals surface area (Å²) in [4.78, 5) is 10.9. The Morgan fingerprint density at radius 1 is 1.21 bits per heavy atom. The van der Waals surface area contributed by atoms with Crippen LogP contribution in [0.1, 0.15) is 28.4 Å². The smallest absolute Gasteiger partial charge is 0.295 e. The molecule has 0 saturated carbocycles. The van der Waals surface area contributed by atoms with E-state index in [9.17, 15) is 18.0 Å². The standard InChI is InChI=1S/C10H9F3O/c1-6-3-8(7(2)14)5-9(4-6)10(11,12)13/h3-5H,1-2H3. The molecular weight excluding hydrogens is 193 g/mol. The van der Waals surface area contributed by atoms with E-state index in [1.54, 1.807) is 0 Å². The number of rotatable bonds is 1. The van der Waals surface area contributed by atoms with Gasteiger partial charge in [-0.3, -0.25) is 4.79 Å². The van der Waals surface area contributed by atoms with Gasteiger partial charge in [0, 0.05) is 5.56 Å². The molecule has 0 amide bonds. The molecule has 0 saturated heterocycles. The zero-order valence-corrected chi connectivity index (χ0v) is 7.77. The number of Topliss-reactive ketones (excluding diaryl/α,β-unsaturated/α-hetero) is 1. The number of hydrogen-bond donors (Lipinski definition) is 0. The van der Waals surface area contributed by atoms with E-state index in [1.165, 1.54) is 19.9 Å². The molecule has 1 rings (SSSR count). The van der Waals surface area contributed by atoms with Crippen LogP contribution >= 0.6 is 0 Å². The number of aryl methyl sites for hydroxylation is 1. The lowest BCUT2D eigenvalue weighted by atomic mass is 10.0. The number of halogens is 3. The lowest BCUT2D eigenvalue weighted by molar-refractivity contribution is -0.137. The molecule has 0 aliphatic rings. The van der Waals surface area contributed by atoms with Gasteiger partial charge in [-0.2, -0.15) is 13.2 Å². The summed E-state index contributed by atoms with van der Waals surface area (Å²) in [5, 5.41) is 0. The van der Waals surface area contributed by atoms with Crippen LogP contribution in [-0.4, -0.2) is 5.78 Å². The summed E-state index contributed by atoms with van der Waals surface area (Å²) in [6.45, 7) is 2.77. The van der Waals surface area contributed by atoms with Crippen molar-refractivity contribution in [2.75, 3.05) is 0 Å². The van der Waals surface area contributed by atoms with Crippen molar-refractivity contribution in [3.05, 3.63) is 34.9 Å².